The Hall–Kier alpha value is -1.80. The van der Waals surface area contributed by atoms with E-state index in [-0.39, 0.29) is 36.6 Å². The molecule has 0 aliphatic carbocycles. The number of aromatic nitrogens is 2. The summed E-state index contributed by atoms with van der Waals surface area (Å²) >= 11 is 0. The summed E-state index contributed by atoms with van der Waals surface area (Å²) in [5.41, 5.74) is 4.78. The summed E-state index contributed by atoms with van der Waals surface area (Å²) in [6, 6.07) is -0.327. The highest BCUT2D eigenvalue weighted by Crippen LogP contribution is 2.14. The number of aliphatic hydroxyl groups is 1. The molecule has 1 atom stereocenters. The van der Waals surface area contributed by atoms with Crippen molar-refractivity contribution in [2.75, 3.05) is 31.4 Å². The maximum absolute atomic E-state index is 11.8. The van der Waals surface area contributed by atoms with Gasteiger partial charge in [0, 0.05) is 7.11 Å². The molecule has 114 valence electrons. The summed E-state index contributed by atoms with van der Waals surface area (Å²) in [5.74, 6) is 0.132. The number of aliphatic hydroxyl groups excluding tert-OH is 1. The fourth-order valence-corrected chi connectivity index (χ4v) is 1.74. The van der Waals surface area contributed by atoms with Crippen LogP contribution in [0.15, 0.2) is 9.59 Å². The number of rotatable bonds is 7. The summed E-state index contributed by atoms with van der Waals surface area (Å²) in [4.78, 5) is 25.7. The van der Waals surface area contributed by atoms with Gasteiger partial charge in [-0.05, 0) is 5.92 Å². The van der Waals surface area contributed by atoms with Gasteiger partial charge >= 0.3 is 5.69 Å². The van der Waals surface area contributed by atoms with E-state index in [1.54, 1.807) is 0 Å². The van der Waals surface area contributed by atoms with Crippen LogP contribution >= 0.6 is 0 Å². The summed E-state index contributed by atoms with van der Waals surface area (Å²) in [6.45, 7) is 4.19. The molecule has 0 amide bonds. The number of aromatic amines is 1. The zero-order chi connectivity index (χ0) is 15.3. The molecule has 0 saturated carbocycles. The summed E-state index contributed by atoms with van der Waals surface area (Å²) in [5, 5.41) is 12.2. The lowest BCUT2D eigenvalue weighted by Gasteiger charge is -2.22. The third kappa shape index (κ3) is 3.61. The topological polar surface area (TPSA) is 122 Å². The van der Waals surface area contributed by atoms with E-state index in [4.69, 9.17) is 10.5 Å². The number of hydrogen-bond donors (Lipinski definition) is 4. The van der Waals surface area contributed by atoms with Gasteiger partial charge in [-0.1, -0.05) is 13.8 Å². The second kappa shape index (κ2) is 7.11. The standard InChI is InChI=1S/C12H22N4O4/c1-7(2)8(6-17)14-9-10(13)16(4-5-20-3)12(19)15-11(9)18/h7-8,14,17H,4-6,13H2,1-3H3,(H,15,18,19). The fraction of sp³-hybridized carbons (Fsp3) is 0.667. The van der Waals surface area contributed by atoms with Crippen molar-refractivity contribution in [1.29, 1.82) is 0 Å². The van der Waals surface area contributed by atoms with E-state index in [1.165, 1.54) is 11.7 Å². The number of methoxy groups -OCH3 is 1. The molecule has 5 N–H and O–H groups in total. The second-order valence-corrected chi connectivity index (χ2v) is 4.84. The lowest BCUT2D eigenvalue weighted by atomic mass is 10.1. The first kappa shape index (κ1) is 16.3. The van der Waals surface area contributed by atoms with Crippen LogP contribution in [-0.4, -0.2) is 41.0 Å². The van der Waals surface area contributed by atoms with Crippen molar-refractivity contribution in [3.63, 3.8) is 0 Å². The van der Waals surface area contributed by atoms with Crippen LogP contribution in [0, 0.1) is 5.92 Å². The van der Waals surface area contributed by atoms with Gasteiger partial charge in [0.15, 0.2) is 0 Å². The highest BCUT2D eigenvalue weighted by Gasteiger charge is 2.18. The van der Waals surface area contributed by atoms with Crippen molar-refractivity contribution in [2.45, 2.75) is 26.4 Å². The smallest absolute Gasteiger partial charge is 0.330 e. The van der Waals surface area contributed by atoms with Gasteiger partial charge in [-0.3, -0.25) is 14.3 Å². The average Bonchev–Trinajstić information content (AvgIpc) is 2.38. The Morgan fingerprint density at radius 1 is 1.45 bits per heavy atom. The Morgan fingerprint density at radius 2 is 2.10 bits per heavy atom. The van der Waals surface area contributed by atoms with Crippen LogP contribution in [0.1, 0.15) is 13.8 Å². The van der Waals surface area contributed by atoms with Gasteiger partial charge < -0.3 is 20.9 Å². The first-order valence-corrected chi connectivity index (χ1v) is 6.41. The minimum absolute atomic E-state index is 0.0369. The minimum Gasteiger partial charge on any atom is -0.394 e. The number of nitrogens with one attached hydrogen (secondary N) is 2. The second-order valence-electron chi connectivity index (χ2n) is 4.84. The normalized spacial score (nSPS) is 12.7. The molecule has 8 nitrogen and oxygen atoms in total. The molecule has 1 rings (SSSR count). The Bertz CT molecular complexity index is 549. The van der Waals surface area contributed by atoms with Crippen LogP contribution < -0.4 is 22.3 Å². The molecule has 1 aromatic heterocycles. The third-order valence-electron chi connectivity index (χ3n) is 3.09. The van der Waals surface area contributed by atoms with Crippen LogP contribution in [0.3, 0.4) is 0 Å². The summed E-state index contributed by atoms with van der Waals surface area (Å²) in [6.07, 6.45) is 0. The monoisotopic (exact) mass is 286 g/mol. The van der Waals surface area contributed by atoms with Crippen LogP contribution in [0.4, 0.5) is 11.5 Å². The van der Waals surface area contributed by atoms with Crippen LogP contribution in [-0.2, 0) is 11.3 Å². The molecule has 0 aromatic carbocycles. The number of nitrogen functional groups attached to an aromatic ring is 1. The van der Waals surface area contributed by atoms with Gasteiger partial charge in [0.1, 0.15) is 11.5 Å². The summed E-state index contributed by atoms with van der Waals surface area (Å²) in [7, 11) is 1.51. The number of hydrogen-bond acceptors (Lipinski definition) is 6. The van der Waals surface area contributed by atoms with Crippen molar-refractivity contribution >= 4 is 11.5 Å². The SMILES string of the molecule is COCCn1c(N)c(NC(CO)C(C)C)c(=O)[nH]c1=O. The maximum atomic E-state index is 11.8. The summed E-state index contributed by atoms with van der Waals surface area (Å²) < 4.78 is 6.12. The lowest BCUT2D eigenvalue weighted by Crippen LogP contribution is -2.38. The van der Waals surface area contributed by atoms with Gasteiger partial charge in [0.25, 0.3) is 5.56 Å². The molecule has 1 heterocycles. The van der Waals surface area contributed by atoms with Crippen LogP contribution in [0.5, 0.6) is 0 Å². The quantitative estimate of drug-likeness (QED) is 0.520. The molecule has 0 aliphatic rings. The molecule has 1 unspecified atom stereocenters. The minimum atomic E-state index is -0.597. The van der Waals surface area contributed by atoms with E-state index in [0.717, 1.165) is 0 Å². The molecule has 0 fully saturated rings. The zero-order valence-corrected chi connectivity index (χ0v) is 12.0. The predicted octanol–water partition coefficient (Wildman–Crippen LogP) is -0.806. The molecule has 0 radical (unpaired) electrons. The number of nitrogens with zero attached hydrogens (tertiary/aromatic N) is 1. The third-order valence-corrected chi connectivity index (χ3v) is 3.09. The van der Waals surface area contributed by atoms with Crippen LogP contribution in [0.2, 0.25) is 0 Å². The molecule has 0 bridgehead atoms. The van der Waals surface area contributed by atoms with Crippen molar-refractivity contribution in [3.8, 4) is 0 Å². The Labute approximate surface area is 116 Å². The van der Waals surface area contributed by atoms with Gasteiger partial charge in [0.05, 0.1) is 25.8 Å². The van der Waals surface area contributed by atoms with E-state index in [9.17, 15) is 14.7 Å². The number of H-pyrrole nitrogens is 1. The maximum Gasteiger partial charge on any atom is 0.330 e. The lowest BCUT2D eigenvalue weighted by molar-refractivity contribution is 0.186. The van der Waals surface area contributed by atoms with Crippen molar-refractivity contribution in [2.24, 2.45) is 5.92 Å². The van der Waals surface area contributed by atoms with Gasteiger partial charge in [-0.15, -0.1) is 0 Å². The van der Waals surface area contributed by atoms with E-state index >= 15 is 0 Å². The Morgan fingerprint density at radius 3 is 2.60 bits per heavy atom. The van der Waals surface area contributed by atoms with Crippen molar-refractivity contribution in [3.05, 3.63) is 20.8 Å². The van der Waals surface area contributed by atoms with Crippen molar-refractivity contribution in [1.82, 2.24) is 9.55 Å². The Kier molecular flexibility index (Phi) is 5.78. The van der Waals surface area contributed by atoms with Gasteiger partial charge in [-0.25, -0.2) is 4.79 Å². The number of nitrogens with two attached hydrogens (primary N) is 1. The first-order chi connectivity index (χ1) is 9.42. The molecule has 0 saturated heterocycles. The van der Waals surface area contributed by atoms with Crippen LogP contribution in [0.25, 0.3) is 0 Å². The number of anilines is 2. The highest BCUT2D eigenvalue weighted by atomic mass is 16.5. The van der Waals surface area contributed by atoms with E-state index in [0.29, 0.717) is 6.61 Å². The average molecular weight is 286 g/mol. The van der Waals surface area contributed by atoms with E-state index in [2.05, 4.69) is 10.3 Å². The zero-order valence-electron chi connectivity index (χ0n) is 12.0. The fourth-order valence-electron chi connectivity index (χ4n) is 1.74. The van der Waals surface area contributed by atoms with Gasteiger partial charge in [0.2, 0.25) is 0 Å². The molecule has 0 aliphatic heterocycles. The molecule has 1 aromatic rings. The van der Waals surface area contributed by atoms with Crippen molar-refractivity contribution < 1.29 is 9.84 Å². The number of ether oxygens (including phenoxy) is 1. The van der Waals surface area contributed by atoms with E-state index < -0.39 is 11.2 Å². The largest absolute Gasteiger partial charge is 0.394 e. The van der Waals surface area contributed by atoms with Gasteiger partial charge in [-0.2, -0.15) is 0 Å². The molecule has 20 heavy (non-hydrogen) atoms. The molecule has 0 spiro atoms. The molecular formula is C12H22N4O4. The van der Waals surface area contributed by atoms with E-state index in [1.807, 2.05) is 13.8 Å². The molecule has 8 heteroatoms. The predicted molar refractivity (Wildman–Crippen MR) is 76.9 cm³/mol. The first-order valence-electron chi connectivity index (χ1n) is 6.41. The Balaban J connectivity index is 3.19. The molecular weight excluding hydrogens is 264 g/mol. The highest BCUT2D eigenvalue weighted by molar-refractivity contribution is 5.61.